The van der Waals surface area contributed by atoms with E-state index in [0.29, 0.717) is 13.1 Å². The molecule has 0 radical (unpaired) electrons. The summed E-state index contributed by atoms with van der Waals surface area (Å²) in [6.45, 7) is 0.211. The zero-order valence-corrected chi connectivity index (χ0v) is 12.7. The monoisotopic (exact) mass is 394 g/mol. The molecule has 0 aliphatic carbocycles. The van der Waals surface area contributed by atoms with Gasteiger partial charge in [-0.3, -0.25) is 4.90 Å². The molecule has 0 bridgehead atoms. The summed E-state index contributed by atoms with van der Waals surface area (Å²) in [7, 11) is -6.34. The number of alkyl halides is 8. The third kappa shape index (κ3) is 3.91. The Morgan fingerprint density at radius 3 is 2.00 bits per heavy atom. The van der Waals surface area contributed by atoms with Crippen molar-refractivity contribution in [2.24, 2.45) is 0 Å². The molecule has 1 heterocycles. The smallest absolute Gasteiger partial charge is 0.379 e. The normalized spacial score (nSPS) is 19.0. The van der Waals surface area contributed by atoms with Crippen LogP contribution in [0.4, 0.5) is 35.1 Å². The molecule has 0 unspecified atom stereocenters. The summed E-state index contributed by atoms with van der Waals surface area (Å²) in [4.78, 5) is 1.54. The lowest BCUT2D eigenvalue weighted by atomic mass is 10.2. The summed E-state index contributed by atoms with van der Waals surface area (Å²) >= 11 is 0. The van der Waals surface area contributed by atoms with E-state index in [1.807, 2.05) is 0 Å². The van der Waals surface area contributed by atoms with E-state index in [1.165, 1.54) is 4.90 Å². The molecular formula is C10H14F8N2O3S. The summed E-state index contributed by atoms with van der Waals surface area (Å²) in [5.74, 6) is -13.3. The van der Waals surface area contributed by atoms with Crippen molar-refractivity contribution in [3.63, 3.8) is 0 Å². The van der Waals surface area contributed by atoms with Crippen LogP contribution in [-0.2, 0) is 14.8 Å². The summed E-state index contributed by atoms with van der Waals surface area (Å²) in [5.41, 5.74) is 0. The predicted molar refractivity (Wildman–Crippen MR) is 65.0 cm³/mol. The molecule has 0 aromatic carbocycles. The second-order valence-corrected chi connectivity index (χ2v) is 6.67. The Hall–Kier alpha value is -0.730. The molecule has 0 amide bonds. The van der Waals surface area contributed by atoms with Crippen LogP contribution in [0.1, 0.15) is 0 Å². The first kappa shape index (κ1) is 21.3. The van der Waals surface area contributed by atoms with Gasteiger partial charge < -0.3 is 4.74 Å². The number of sulfonamides is 1. The highest BCUT2D eigenvalue weighted by Gasteiger charge is 2.80. The van der Waals surface area contributed by atoms with Crippen molar-refractivity contribution in [2.75, 3.05) is 39.4 Å². The zero-order valence-electron chi connectivity index (χ0n) is 11.9. The van der Waals surface area contributed by atoms with Gasteiger partial charge >= 0.3 is 23.5 Å². The Labute approximate surface area is 132 Å². The lowest BCUT2D eigenvalue weighted by Gasteiger charge is -2.32. The zero-order chi connectivity index (χ0) is 18.8. The molecule has 1 N–H and O–H groups in total. The van der Waals surface area contributed by atoms with Crippen LogP contribution < -0.4 is 4.72 Å². The lowest BCUT2D eigenvalue weighted by Crippen LogP contribution is -2.62. The Kier molecular flexibility index (Phi) is 6.44. The second-order valence-electron chi connectivity index (χ2n) is 4.87. The van der Waals surface area contributed by atoms with Crippen LogP contribution in [0.2, 0.25) is 0 Å². The molecule has 0 spiro atoms. The molecule has 0 aromatic rings. The van der Waals surface area contributed by atoms with Gasteiger partial charge in [0.05, 0.1) is 13.2 Å². The van der Waals surface area contributed by atoms with Crippen molar-refractivity contribution < 1.29 is 48.3 Å². The number of nitrogens with zero attached hydrogens (tertiary/aromatic N) is 1. The Morgan fingerprint density at radius 2 is 1.54 bits per heavy atom. The van der Waals surface area contributed by atoms with Gasteiger partial charge in [-0.05, 0) is 0 Å². The van der Waals surface area contributed by atoms with Gasteiger partial charge in [-0.2, -0.15) is 26.3 Å². The van der Waals surface area contributed by atoms with Gasteiger partial charge in [0.15, 0.2) is 0 Å². The van der Waals surface area contributed by atoms with Gasteiger partial charge in [0, 0.05) is 26.2 Å². The topological polar surface area (TPSA) is 58.6 Å². The highest BCUT2D eigenvalue weighted by Crippen LogP contribution is 2.50. The quantitative estimate of drug-likeness (QED) is 0.632. The molecule has 1 fully saturated rings. The summed E-state index contributed by atoms with van der Waals surface area (Å²) < 4.78 is 131. The molecule has 5 nitrogen and oxygen atoms in total. The Morgan fingerprint density at radius 1 is 1.04 bits per heavy atom. The third-order valence-electron chi connectivity index (χ3n) is 3.22. The van der Waals surface area contributed by atoms with E-state index in [4.69, 9.17) is 4.74 Å². The number of hydrogen-bond acceptors (Lipinski definition) is 4. The van der Waals surface area contributed by atoms with E-state index in [1.54, 1.807) is 0 Å². The molecule has 24 heavy (non-hydrogen) atoms. The van der Waals surface area contributed by atoms with Crippen molar-refractivity contribution in [1.29, 1.82) is 0 Å². The third-order valence-corrected chi connectivity index (χ3v) is 4.74. The molecular weight excluding hydrogens is 380 g/mol. The van der Waals surface area contributed by atoms with Crippen LogP contribution in [0.15, 0.2) is 0 Å². The average Bonchev–Trinajstić information content (AvgIpc) is 2.47. The number of ether oxygens (including phenoxy) is 1. The molecule has 14 heteroatoms. The highest BCUT2D eigenvalue weighted by molar-refractivity contribution is 7.90. The first-order chi connectivity index (χ1) is 10.8. The largest absolute Gasteiger partial charge is 0.427 e. The van der Waals surface area contributed by atoms with E-state index in [-0.39, 0.29) is 19.8 Å². The molecule has 0 aromatic heterocycles. The van der Waals surface area contributed by atoms with E-state index in [0.717, 1.165) is 4.72 Å². The van der Waals surface area contributed by atoms with Crippen LogP contribution in [0.3, 0.4) is 0 Å². The second kappa shape index (κ2) is 7.25. The van der Waals surface area contributed by atoms with Gasteiger partial charge in [0.2, 0.25) is 0 Å². The van der Waals surface area contributed by atoms with Crippen molar-refractivity contribution in [2.45, 2.75) is 23.5 Å². The Bertz CT molecular complexity index is 522. The van der Waals surface area contributed by atoms with Crippen molar-refractivity contribution in [3.05, 3.63) is 0 Å². The van der Waals surface area contributed by atoms with E-state index < -0.39 is 40.1 Å². The van der Waals surface area contributed by atoms with E-state index >= 15 is 0 Å². The SMILES string of the molecule is O=S(=O)(NCCN1CCOCC1)C(F)(F)C(F)(F)C(F)(F)C(F)F. The fraction of sp³-hybridized carbons (Fsp3) is 1.00. The van der Waals surface area contributed by atoms with Gasteiger partial charge in [-0.1, -0.05) is 0 Å². The minimum Gasteiger partial charge on any atom is -0.379 e. The lowest BCUT2D eigenvalue weighted by molar-refractivity contribution is -0.315. The summed E-state index contributed by atoms with van der Waals surface area (Å²) in [5, 5.41) is -6.44. The minimum absolute atomic E-state index is 0.185. The van der Waals surface area contributed by atoms with Crippen LogP contribution in [-0.4, -0.2) is 76.2 Å². The van der Waals surface area contributed by atoms with E-state index in [9.17, 15) is 43.5 Å². The van der Waals surface area contributed by atoms with Crippen LogP contribution >= 0.6 is 0 Å². The number of morpholine rings is 1. The van der Waals surface area contributed by atoms with E-state index in [2.05, 4.69) is 0 Å². The van der Waals surface area contributed by atoms with Crippen LogP contribution in [0.5, 0.6) is 0 Å². The van der Waals surface area contributed by atoms with Crippen molar-refractivity contribution in [1.82, 2.24) is 9.62 Å². The Balaban J connectivity index is 2.82. The fourth-order valence-corrected chi connectivity index (χ4v) is 2.77. The van der Waals surface area contributed by atoms with Crippen molar-refractivity contribution >= 4 is 10.0 Å². The first-order valence-electron chi connectivity index (χ1n) is 6.48. The summed E-state index contributed by atoms with van der Waals surface area (Å²) in [6.07, 6.45) is -5.18. The molecule has 0 atom stereocenters. The number of hydrogen-bond donors (Lipinski definition) is 1. The maximum Gasteiger partial charge on any atom is 0.427 e. The molecule has 1 aliphatic rings. The molecule has 1 saturated heterocycles. The number of nitrogens with one attached hydrogen (secondary N) is 1. The summed E-state index contributed by atoms with van der Waals surface area (Å²) in [6, 6.07) is 0. The standard InChI is InChI=1S/C10H14F8N2O3S/c11-7(12)8(13,14)9(15,16)10(17,18)24(21,22)19-1-2-20-3-5-23-6-4-20/h7,19H,1-6H2. The number of halogens is 8. The van der Waals surface area contributed by atoms with Gasteiger partial charge in [0.1, 0.15) is 0 Å². The van der Waals surface area contributed by atoms with Gasteiger partial charge in [0.25, 0.3) is 10.0 Å². The first-order valence-corrected chi connectivity index (χ1v) is 7.96. The highest BCUT2D eigenvalue weighted by atomic mass is 32.2. The average molecular weight is 394 g/mol. The van der Waals surface area contributed by atoms with Crippen molar-refractivity contribution in [3.8, 4) is 0 Å². The van der Waals surface area contributed by atoms with Crippen LogP contribution in [0.25, 0.3) is 0 Å². The maximum absolute atomic E-state index is 13.4. The number of rotatable bonds is 8. The molecule has 1 rings (SSSR count). The van der Waals surface area contributed by atoms with Gasteiger partial charge in [-0.25, -0.2) is 21.9 Å². The fourth-order valence-electron chi connectivity index (χ4n) is 1.75. The molecule has 144 valence electrons. The molecule has 1 aliphatic heterocycles. The minimum atomic E-state index is -6.81. The maximum atomic E-state index is 13.4. The predicted octanol–water partition coefficient (Wildman–Crippen LogP) is 1.37. The van der Waals surface area contributed by atoms with Gasteiger partial charge in [-0.15, -0.1) is 0 Å². The molecule has 0 saturated carbocycles. The van der Waals surface area contributed by atoms with Crippen LogP contribution in [0, 0.1) is 0 Å².